The van der Waals surface area contributed by atoms with Crippen LogP contribution in [0.15, 0.2) is 24.3 Å². The number of carboxylic acid groups (broad SMARTS) is 1. The molecule has 3 aromatic rings. The molecule has 7 nitrogen and oxygen atoms in total. The minimum Gasteiger partial charge on any atom is -0.482 e. The zero-order chi connectivity index (χ0) is 14.1. The van der Waals surface area contributed by atoms with Gasteiger partial charge in [0, 0.05) is 5.56 Å². The van der Waals surface area contributed by atoms with Crippen LogP contribution < -0.4 is 4.74 Å². The molecule has 1 N–H and O–H groups in total. The average Bonchev–Trinajstić information content (AvgIpc) is 3.00. The number of aryl methyl sites for hydroxylation is 1. The van der Waals surface area contributed by atoms with E-state index in [9.17, 15) is 4.79 Å². The van der Waals surface area contributed by atoms with Gasteiger partial charge in [-0.25, -0.2) is 4.79 Å². The van der Waals surface area contributed by atoms with Crippen LogP contribution in [-0.4, -0.2) is 37.5 Å². The maximum absolute atomic E-state index is 10.5. The molecular formula is C12H10N4O3S. The normalized spacial score (nSPS) is 10.8. The number of fused-ring (bicyclic) bond motifs is 1. The largest absolute Gasteiger partial charge is 0.482 e. The van der Waals surface area contributed by atoms with Crippen LogP contribution in [0.3, 0.4) is 0 Å². The highest BCUT2D eigenvalue weighted by atomic mass is 32.1. The summed E-state index contributed by atoms with van der Waals surface area (Å²) in [6, 6.07) is 7.14. The van der Waals surface area contributed by atoms with Crippen LogP contribution in [0.4, 0.5) is 0 Å². The van der Waals surface area contributed by atoms with E-state index in [1.165, 1.54) is 11.3 Å². The van der Waals surface area contributed by atoms with Gasteiger partial charge in [-0.15, -0.1) is 10.2 Å². The summed E-state index contributed by atoms with van der Waals surface area (Å²) in [5.41, 5.74) is 0.850. The summed E-state index contributed by atoms with van der Waals surface area (Å²) >= 11 is 1.41. The third-order valence-electron chi connectivity index (χ3n) is 2.59. The number of nitrogens with zero attached hydrogens (tertiary/aromatic N) is 4. The molecule has 102 valence electrons. The second kappa shape index (κ2) is 4.89. The van der Waals surface area contributed by atoms with Crippen LogP contribution >= 0.6 is 11.3 Å². The smallest absolute Gasteiger partial charge is 0.341 e. The molecule has 2 aromatic heterocycles. The Morgan fingerprint density at radius 1 is 1.45 bits per heavy atom. The zero-order valence-corrected chi connectivity index (χ0v) is 11.3. The summed E-state index contributed by atoms with van der Waals surface area (Å²) in [6.07, 6.45) is 0. The highest BCUT2D eigenvalue weighted by molar-refractivity contribution is 7.19. The summed E-state index contributed by atoms with van der Waals surface area (Å²) < 4.78 is 6.82. The quantitative estimate of drug-likeness (QED) is 0.785. The molecule has 0 aliphatic carbocycles. The molecule has 0 fully saturated rings. The van der Waals surface area contributed by atoms with Gasteiger partial charge in [-0.3, -0.25) is 0 Å². The van der Waals surface area contributed by atoms with Crippen molar-refractivity contribution in [3.63, 3.8) is 0 Å². The van der Waals surface area contributed by atoms with E-state index < -0.39 is 5.97 Å². The third-order valence-corrected chi connectivity index (χ3v) is 3.54. The molecule has 3 rings (SSSR count). The predicted molar refractivity (Wildman–Crippen MR) is 72.0 cm³/mol. The molecule has 1 aromatic carbocycles. The number of aromatic nitrogens is 4. The minimum absolute atomic E-state index is 0.367. The van der Waals surface area contributed by atoms with Gasteiger partial charge in [0.25, 0.3) is 0 Å². The number of carbonyl (C=O) groups is 1. The maximum Gasteiger partial charge on any atom is 0.341 e. The summed E-state index contributed by atoms with van der Waals surface area (Å²) in [7, 11) is 0. The van der Waals surface area contributed by atoms with Gasteiger partial charge in [-0.05, 0) is 19.1 Å². The van der Waals surface area contributed by atoms with Crippen molar-refractivity contribution >= 4 is 22.3 Å². The molecule has 0 aliphatic heterocycles. The van der Waals surface area contributed by atoms with Crippen molar-refractivity contribution in [3.8, 4) is 16.3 Å². The molecule has 0 radical (unpaired) electrons. The number of benzene rings is 1. The topological polar surface area (TPSA) is 89.6 Å². The molecule has 0 saturated heterocycles. The lowest BCUT2D eigenvalue weighted by Gasteiger charge is -2.03. The van der Waals surface area contributed by atoms with Gasteiger partial charge in [-0.2, -0.15) is 9.61 Å². The third kappa shape index (κ3) is 2.32. The van der Waals surface area contributed by atoms with E-state index in [0.29, 0.717) is 10.7 Å². The molecule has 0 aliphatic rings. The van der Waals surface area contributed by atoms with Gasteiger partial charge in [0.1, 0.15) is 10.8 Å². The predicted octanol–water partition coefficient (Wildman–Crippen LogP) is 1.62. The number of carboxylic acids is 1. The van der Waals surface area contributed by atoms with Gasteiger partial charge in [0.15, 0.2) is 12.4 Å². The zero-order valence-electron chi connectivity index (χ0n) is 10.5. The average molecular weight is 290 g/mol. The van der Waals surface area contributed by atoms with E-state index in [4.69, 9.17) is 9.84 Å². The molecule has 0 atom stereocenters. The van der Waals surface area contributed by atoms with Crippen LogP contribution in [-0.2, 0) is 4.79 Å². The summed E-state index contributed by atoms with van der Waals surface area (Å²) in [5, 5.41) is 21.7. The van der Waals surface area contributed by atoms with Gasteiger partial charge in [0.2, 0.25) is 4.96 Å². The molecule has 8 heteroatoms. The Morgan fingerprint density at radius 2 is 2.30 bits per heavy atom. The number of rotatable bonds is 4. The fourth-order valence-electron chi connectivity index (χ4n) is 1.70. The summed E-state index contributed by atoms with van der Waals surface area (Å²) in [6.45, 7) is 1.46. The Hall–Kier alpha value is -2.48. The van der Waals surface area contributed by atoms with E-state index in [-0.39, 0.29) is 6.61 Å². The Labute approximate surface area is 117 Å². The van der Waals surface area contributed by atoms with E-state index in [2.05, 4.69) is 15.3 Å². The standard InChI is InChI=1S/C12H10N4O3S/c1-7-13-14-12-16(7)15-11(20-12)8-3-2-4-9(5-8)19-6-10(17)18/h2-5H,6H2,1H3,(H,17,18). The SMILES string of the molecule is Cc1nnc2sc(-c3cccc(OCC(=O)O)c3)nn12. The number of aliphatic carboxylic acids is 1. The van der Waals surface area contributed by atoms with Crippen molar-refractivity contribution in [2.45, 2.75) is 6.92 Å². The van der Waals surface area contributed by atoms with Crippen LogP contribution in [0.1, 0.15) is 5.82 Å². The number of hydrogen-bond donors (Lipinski definition) is 1. The summed E-state index contributed by atoms with van der Waals surface area (Å²) in [4.78, 5) is 11.2. The first kappa shape index (κ1) is 12.5. The fourth-order valence-corrected chi connectivity index (χ4v) is 2.58. The van der Waals surface area contributed by atoms with Crippen molar-refractivity contribution in [2.24, 2.45) is 0 Å². The number of hydrogen-bond acceptors (Lipinski definition) is 6. The molecule has 20 heavy (non-hydrogen) atoms. The molecule has 0 spiro atoms. The molecule has 0 saturated carbocycles. The Morgan fingerprint density at radius 3 is 3.05 bits per heavy atom. The van der Waals surface area contributed by atoms with Gasteiger partial charge < -0.3 is 9.84 Å². The second-order valence-electron chi connectivity index (χ2n) is 4.06. The molecule has 0 unspecified atom stereocenters. The van der Waals surface area contributed by atoms with E-state index >= 15 is 0 Å². The molecule has 0 bridgehead atoms. The van der Waals surface area contributed by atoms with E-state index in [0.717, 1.165) is 16.4 Å². The Bertz CT molecular complexity index is 780. The van der Waals surface area contributed by atoms with Crippen LogP contribution in [0.2, 0.25) is 0 Å². The van der Waals surface area contributed by atoms with Crippen molar-refractivity contribution < 1.29 is 14.6 Å². The Balaban J connectivity index is 1.92. The molecule has 0 amide bonds. The van der Waals surface area contributed by atoms with Crippen molar-refractivity contribution in [1.82, 2.24) is 19.8 Å². The van der Waals surface area contributed by atoms with Crippen molar-refractivity contribution in [3.05, 3.63) is 30.1 Å². The first-order valence-electron chi connectivity index (χ1n) is 5.77. The molecule has 2 heterocycles. The first-order valence-corrected chi connectivity index (χ1v) is 6.59. The highest BCUT2D eigenvalue weighted by Gasteiger charge is 2.11. The van der Waals surface area contributed by atoms with Gasteiger partial charge in [0.05, 0.1) is 0 Å². The van der Waals surface area contributed by atoms with Crippen molar-refractivity contribution in [2.75, 3.05) is 6.61 Å². The maximum atomic E-state index is 10.5. The minimum atomic E-state index is -1.01. The van der Waals surface area contributed by atoms with Gasteiger partial charge in [-0.1, -0.05) is 23.5 Å². The number of ether oxygens (including phenoxy) is 1. The van der Waals surface area contributed by atoms with E-state index in [1.54, 1.807) is 22.7 Å². The summed E-state index contributed by atoms with van der Waals surface area (Å²) in [5.74, 6) is 0.207. The van der Waals surface area contributed by atoms with Crippen LogP contribution in [0.25, 0.3) is 15.5 Å². The van der Waals surface area contributed by atoms with E-state index in [1.807, 2.05) is 13.0 Å². The van der Waals surface area contributed by atoms with Crippen molar-refractivity contribution in [1.29, 1.82) is 0 Å². The van der Waals surface area contributed by atoms with Crippen LogP contribution in [0.5, 0.6) is 5.75 Å². The lowest BCUT2D eigenvalue weighted by Crippen LogP contribution is -2.09. The van der Waals surface area contributed by atoms with Crippen LogP contribution in [0, 0.1) is 6.92 Å². The Kier molecular flexibility index (Phi) is 3.07. The molecular weight excluding hydrogens is 280 g/mol. The second-order valence-corrected chi connectivity index (χ2v) is 5.02. The van der Waals surface area contributed by atoms with Gasteiger partial charge >= 0.3 is 5.97 Å². The first-order chi connectivity index (χ1) is 9.63. The lowest BCUT2D eigenvalue weighted by molar-refractivity contribution is -0.139. The monoisotopic (exact) mass is 290 g/mol. The lowest BCUT2D eigenvalue weighted by atomic mass is 10.2. The fraction of sp³-hybridized carbons (Fsp3) is 0.167. The highest BCUT2D eigenvalue weighted by Crippen LogP contribution is 2.28.